The fourth-order valence-electron chi connectivity index (χ4n) is 2.93. The quantitative estimate of drug-likeness (QED) is 0.676. The van der Waals surface area contributed by atoms with Gasteiger partial charge in [0, 0.05) is 18.5 Å². The van der Waals surface area contributed by atoms with Crippen molar-refractivity contribution in [2.45, 2.75) is 37.4 Å². The van der Waals surface area contributed by atoms with E-state index in [0.717, 1.165) is 12.0 Å². The third kappa shape index (κ3) is 2.27. The third-order valence-corrected chi connectivity index (χ3v) is 3.90. The standard InChI is InChI=1S/C14H17N3O2/c15-10-7-12(9-4-2-1-3-8(9)10)16-11-5-6-13(18)17-14(11)19/h1-4,10-12,16H,5-7,15H2,(H,17,18,19). The normalized spacial score (nSPS) is 30.1. The average molecular weight is 259 g/mol. The SMILES string of the molecule is NC1CC(NC2CCC(=O)NC2=O)c2ccccc21. The van der Waals surface area contributed by atoms with Crippen LogP contribution in [0.3, 0.4) is 0 Å². The lowest BCUT2D eigenvalue weighted by Gasteiger charge is -2.25. The summed E-state index contributed by atoms with van der Waals surface area (Å²) in [5.74, 6) is -0.416. The number of carbonyl (C=O) groups is 2. The van der Waals surface area contributed by atoms with Crippen LogP contribution in [0.25, 0.3) is 0 Å². The molecule has 1 fully saturated rings. The van der Waals surface area contributed by atoms with Gasteiger partial charge in [0.2, 0.25) is 11.8 Å². The molecule has 2 amide bonds. The molecule has 0 aromatic heterocycles. The Bertz CT molecular complexity index is 529. The molecule has 1 aromatic rings. The van der Waals surface area contributed by atoms with Gasteiger partial charge >= 0.3 is 0 Å². The molecule has 1 aliphatic heterocycles. The monoisotopic (exact) mass is 259 g/mol. The van der Waals surface area contributed by atoms with Crippen LogP contribution in [0, 0.1) is 0 Å². The maximum atomic E-state index is 11.8. The minimum atomic E-state index is -0.305. The lowest BCUT2D eigenvalue weighted by Crippen LogP contribution is -2.51. The minimum Gasteiger partial charge on any atom is -0.324 e. The number of nitrogens with two attached hydrogens (primary N) is 1. The fourth-order valence-corrected chi connectivity index (χ4v) is 2.93. The van der Waals surface area contributed by atoms with Crippen LogP contribution in [0.4, 0.5) is 0 Å². The van der Waals surface area contributed by atoms with Crippen LogP contribution in [0.5, 0.6) is 0 Å². The molecule has 0 bridgehead atoms. The topological polar surface area (TPSA) is 84.2 Å². The molecule has 0 spiro atoms. The molecule has 1 heterocycles. The Hall–Kier alpha value is -1.72. The first-order valence-corrected chi connectivity index (χ1v) is 6.59. The van der Waals surface area contributed by atoms with Gasteiger partial charge in [0.15, 0.2) is 0 Å². The number of hydrogen-bond acceptors (Lipinski definition) is 4. The molecule has 100 valence electrons. The van der Waals surface area contributed by atoms with E-state index < -0.39 is 0 Å². The van der Waals surface area contributed by atoms with Gasteiger partial charge in [-0.3, -0.25) is 20.2 Å². The van der Waals surface area contributed by atoms with Gasteiger partial charge in [-0.25, -0.2) is 0 Å². The Morgan fingerprint density at radius 3 is 2.63 bits per heavy atom. The van der Waals surface area contributed by atoms with Gasteiger partial charge in [0.1, 0.15) is 0 Å². The van der Waals surface area contributed by atoms with E-state index in [1.165, 1.54) is 5.56 Å². The first kappa shape index (κ1) is 12.3. The van der Waals surface area contributed by atoms with Gasteiger partial charge < -0.3 is 5.73 Å². The highest BCUT2D eigenvalue weighted by Crippen LogP contribution is 2.37. The van der Waals surface area contributed by atoms with Crippen LogP contribution >= 0.6 is 0 Å². The number of amides is 2. The largest absolute Gasteiger partial charge is 0.324 e. The van der Waals surface area contributed by atoms with E-state index in [1.54, 1.807) is 0 Å². The molecular weight excluding hydrogens is 242 g/mol. The highest BCUT2D eigenvalue weighted by Gasteiger charge is 2.33. The molecular formula is C14H17N3O2. The summed E-state index contributed by atoms with van der Waals surface area (Å²) in [6.45, 7) is 0. The molecule has 0 saturated carbocycles. The summed E-state index contributed by atoms with van der Waals surface area (Å²) in [6, 6.07) is 7.85. The summed E-state index contributed by atoms with van der Waals surface area (Å²) in [7, 11) is 0. The van der Waals surface area contributed by atoms with Gasteiger partial charge in [-0.15, -0.1) is 0 Å². The van der Waals surface area contributed by atoms with Gasteiger partial charge in [-0.05, 0) is 24.0 Å². The molecule has 4 N–H and O–H groups in total. The molecule has 1 aromatic carbocycles. The lowest BCUT2D eigenvalue weighted by molar-refractivity contribution is -0.134. The fraction of sp³-hybridized carbons (Fsp3) is 0.429. The van der Waals surface area contributed by atoms with E-state index in [4.69, 9.17) is 5.73 Å². The zero-order chi connectivity index (χ0) is 13.4. The summed E-state index contributed by atoms with van der Waals surface area (Å²) in [5.41, 5.74) is 8.42. The number of nitrogens with one attached hydrogen (secondary N) is 2. The number of hydrogen-bond donors (Lipinski definition) is 3. The Labute approximate surface area is 111 Å². The molecule has 19 heavy (non-hydrogen) atoms. The van der Waals surface area contributed by atoms with Crippen molar-refractivity contribution < 1.29 is 9.59 Å². The highest BCUT2D eigenvalue weighted by molar-refractivity contribution is 6.00. The second kappa shape index (κ2) is 4.75. The van der Waals surface area contributed by atoms with Gasteiger partial charge in [-0.1, -0.05) is 24.3 Å². The zero-order valence-electron chi connectivity index (χ0n) is 10.6. The molecule has 2 aliphatic rings. The number of benzene rings is 1. The predicted molar refractivity (Wildman–Crippen MR) is 70.0 cm³/mol. The van der Waals surface area contributed by atoms with Gasteiger partial charge in [-0.2, -0.15) is 0 Å². The predicted octanol–water partition coefficient (Wildman–Crippen LogP) is 0.526. The van der Waals surface area contributed by atoms with Crippen molar-refractivity contribution in [3.8, 4) is 0 Å². The van der Waals surface area contributed by atoms with Crippen LogP contribution in [0.1, 0.15) is 42.5 Å². The van der Waals surface area contributed by atoms with Crippen molar-refractivity contribution in [3.05, 3.63) is 35.4 Å². The molecule has 3 rings (SSSR count). The van der Waals surface area contributed by atoms with Crippen LogP contribution in [0.2, 0.25) is 0 Å². The van der Waals surface area contributed by atoms with Crippen LogP contribution in [-0.2, 0) is 9.59 Å². The molecule has 5 heteroatoms. The molecule has 5 nitrogen and oxygen atoms in total. The van der Waals surface area contributed by atoms with E-state index in [9.17, 15) is 9.59 Å². The summed E-state index contributed by atoms with van der Waals surface area (Å²) < 4.78 is 0. The Kier molecular flexibility index (Phi) is 3.08. The van der Waals surface area contributed by atoms with Crippen molar-refractivity contribution in [2.24, 2.45) is 5.73 Å². The van der Waals surface area contributed by atoms with Gasteiger partial charge in [0.25, 0.3) is 0 Å². The second-order valence-corrected chi connectivity index (χ2v) is 5.19. The zero-order valence-corrected chi connectivity index (χ0v) is 10.6. The molecule has 1 saturated heterocycles. The molecule has 3 atom stereocenters. The summed E-state index contributed by atoms with van der Waals surface area (Å²) in [6.07, 6.45) is 1.74. The Morgan fingerprint density at radius 1 is 1.16 bits per heavy atom. The smallest absolute Gasteiger partial charge is 0.243 e. The van der Waals surface area contributed by atoms with Gasteiger partial charge in [0.05, 0.1) is 6.04 Å². The Morgan fingerprint density at radius 2 is 1.89 bits per heavy atom. The maximum absolute atomic E-state index is 11.8. The highest BCUT2D eigenvalue weighted by atomic mass is 16.2. The third-order valence-electron chi connectivity index (χ3n) is 3.90. The van der Waals surface area contributed by atoms with Crippen molar-refractivity contribution in [2.75, 3.05) is 0 Å². The van der Waals surface area contributed by atoms with E-state index >= 15 is 0 Å². The first-order valence-electron chi connectivity index (χ1n) is 6.59. The lowest BCUT2D eigenvalue weighted by atomic mass is 10.0. The van der Waals surface area contributed by atoms with Crippen molar-refractivity contribution >= 4 is 11.8 Å². The van der Waals surface area contributed by atoms with E-state index in [0.29, 0.717) is 12.8 Å². The second-order valence-electron chi connectivity index (χ2n) is 5.19. The molecule has 3 unspecified atom stereocenters. The van der Waals surface area contributed by atoms with E-state index in [2.05, 4.69) is 10.6 Å². The number of piperidine rings is 1. The van der Waals surface area contributed by atoms with Crippen molar-refractivity contribution in [1.82, 2.24) is 10.6 Å². The van der Waals surface area contributed by atoms with E-state index in [1.807, 2.05) is 24.3 Å². The summed E-state index contributed by atoms with van der Waals surface area (Å²) in [5, 5.41) is 5.70. The van der Waals surface area contributed by atoms with Crippen LogP contribution in [-0.4, -0.2) is 17.9 Å². The minimum absolute atomic E-state index is 0.0157. The summed E-state index contributed by atoms with van der Waals surface area (Å²) >= 11 is 0. The van der Waals surface area contributed by atoms with Crippen LogP contribution in [0.15, 0.2) is 24.3 Å². The van der Waals surface area contributed by atoms with Crippen LogP contribution < -0.4 is 16.4 Å². The summed E-state index contributed by atoms with van der Waals surface area (Å²) in [4.78, 5) is 22.9. The molecule has 1 aliphatic carbocycles. The van der Waals surface area contributed by atoms with Crippen molar-refractivity contribution in [1.29, 1.82) is 0 Å². The maximum Gasteiger partial charge on any atom is 0.243 e. The molecule has 0 radical (unpaired) electrons. The Balaban J connectivity index is 1.75. The number of carbonyl (C=O) groups excluding carboxylic acids is 2. The van der Waals surface area contributed by atoms with E-state index in [-0.39, 0.29) is 29.9 Å². The number of rotatable bonds is 2. The average Bonchev–Trinajstić information content (AvgIpc) is 2.71. The van der Waals surface area contributed by atoms with Crippen molar-refractivity contribution in [3.63, 3.8) is 0 Å². The first-order chi connectivity index (χ1) is 9.15. The number of imide groups is 1. The number of fused-ring (bicyclic) bond motifs is 1.